The summed E-state index contributed by atoms with van der Waals surface area (Å²) in [5.74, 6) is 1.36. The second-order valence-corrected chi connectivity index (χ2v) is 6.76. The first kappa shape index (κ1) is 17.5. The van der Waals surface area contributed by atoms with Crippen LogP contribution in [0.25, 0.3) is 0 Å². The first-order valence-corrected chi connectivity index (χ1v) is 8.58. The lowest BCUT2D eigenvalue weighted by Crippen LogP contribution is -2.46. The molecule has 134 valence electrons. The Morgan fingerprint density at radius 1 is 1.28 bits per heavy atom. The van der Waals surface area contributed by atoms with Crippen molar-refractivity contribution in [2.75, 3.05) is 44.0 Å². The summed E-state index contributed by atoms with van der Waals surface area (Å²) in [5, 5.41) is 0. The zero-order chi connectivity index (χ0) is 17.8. The Bertz CT molecular complexity index is 707. The number of likely N-dealkylation sites (N-methyl/N-ethyl adjacent to an activating group) is 1. The van der Waals surface area contributed by atoms with Crippen molar-refractivity contribution in [3.63, 3.8) is 0 Å². The van der Waals surface area contributed by atoms with E-state index in [4.69, 9.17) is 0 Å². The molecule has 6 nitrogen and oxygen atoms in total. The fourth-order valence-corrected chi connectivity index (χ4v) is 3.23. The summed E-state index contributed by atoms with van der Waals surface area (Å²) in [7, 11) is 5.96. The molecule has 0 saturated carbocycles. The van der Waals surface area contributed by atoms with Gasteiger partial charge in [0.25, 0.3) is 0 Å². The average Bonchev–Trinajstić information content (AvgIpc) is 2.61. The zero-order valence-electron chi connectivity index (χ0n) is 15.1. The van der Waals surface area contributed by atoms with Gasteiger partial charge in [-0.15, -0.1) is 0 Å². The molecule has 3 rings (SSSR count). The minimum absolute atomic E-state index is 0.277. The SMILES string of the molecule is CN(C)c1nccc(N(C)C2CCCN(Cc3cncc(F)c3)C2)n1. The molecule has 0 N–H and O–H groups in total. The van der Waals surface area contributed by atoms with Crippen LogP contribution < -0.4 is 9.80 Å². The van der Waals surface area contributed by atoms with E-state index in [9.17, 15) is 4.39 Å². The molecule has 1 unspecified atom stereocenters. The van der Waals surface area contributed by atoms with Crippen molar-refractivity contribution in [3.05, 3.63) is 42.1 Å². The van der Waals surface area contributed by atoms with Gasteiger partial charge in [-0.1, -0.05) is 0 Å². The molecule has 2 aromatic heterocycles. The number of pyridine rings is 1. The van der Waals surface area contributed by atoms with Gasteiger partial charge < -0.3 is 9.80 Å². The van der Waals surface area contributed by atoms with Gasteiger partial charge in [0.05, 0.1) is 6.20 Å². The highest BCUT2D eigenvalue weighted by atomic mass is 19.1. The zero-order valence-corrected chi connectivity index (χ0v) is 15.1. The van der Waals surface area contributed by atoms with Crippen molar-refractivity contribution in [1.29, 1.82) is 0 Å². The standard InChI is InChI=1S/C18H25FN6/c1-23(2)18-21-7-6-17(22-18)24(3)16-5-4-8-25(13-16)12-14-9-15(19)11-20-10-14/h6-7,9-11,16H,4-5,8,12-13H2,1-3H3. The van der Waals surface area contributed by atoms with Gasteiger partial charge in [-0.2, -0.15) is 4.98 Å². The summed E-state index contributed by atoms with van der Waals surface area (Å²) < 4.78 is 13.3. The van der Waals surface area contributed by atoms with Crippen LogP contribution in [-0.4, -0.2) is 60.1 Å². The largest absolute Gasteiger partial charge is 0.355 e. The van der Waals surface area contributed by atoms with E-state index in [1.807, 2.05) is 25.1 Å². The Hall–Kier alpha value is -2.28. The fraction of sp³-hybridized carbons (Fsp3) is 0.500. The fourth-order valence-electron chi connectivity index (χ4n) is 3.23. The first-order valence-electron chi connectivity index (χ1n) is 8.58. The molecule has 25 heavy (non-hydrogen) atoms. The highest BCUT2D eigenvalue weighted by Crippen LogP contribution is 2.22. The number of aromatic nitrogens is 3. The van der Waals surface area contributed by atoms with Crippen LogP contribution in [0.4, 0.5) is 16.2 Å². The number of piperidine rings is 1. The second kappa shape index (κ2) is 7.74. The summed E-state index contributed by atoms with van der Waals surface area (Å²) in [5.41, 5.74) is 0.917. The van der Waals surface area contributed by atoms with E-state index in [0.29, 0.717) is 12.0 Å². The third-order valence-corrected chi connectivity index (χ3v) is 4.59. The predicted octanol–water partition coefficient (Wildman–Crippen LogP) is 2.18. The number of halogens is 1. The molecule has 1 saturated heterocycles. The molecule has 1 atom stereocenters. The maximum atomic E-state index is 13.3. The molecule has 0 amide bonds. The summed E-state index contributed by atoms with van der Waals surface area (Å²) in [4.78, 5) is 19.3. The molecule has 1 aliphatic heterocycles. The topological polar surface area (TPSA) is 48.4 Å². The van der Waals surface area contributed by atoms with Crippen LogP contribution in [0, 0.1) is 5.82 Å². The molecule has 3 heterocycles. The summed E-state index contributed by atoms with van der Waals surface area (Å²) in [6.07, 6.45) is 7.02. The van der Waals surface area contributed by atoms with Gasteiger partial charge in [-0.3, -0.25) is 9.88 Å². The molecule has 0 aromatic carbocycles. The van der Waals surface area contributed by atoms with Crippen molar-refractivity contribution >= 4 is 11.8 Å². The van der Waals surface area contributed by atoms with Crippen LogP contribution in [-0.2, 0) is 6.54 Å². The predicted molar refractivity (Wildman–Crippen MR) is 97.3 cm³/mol. The van der Waals surface area contributed by atoms with Crippen LogP contribution in [0.1, 0.15) is 18.4 Å². The van der Waals surface area contributed by atoms with Gasteiger partial charge in [0.2, 0.25) is 5.95 Å². The lowest BCUT2D eigenvalue weighted by molar-refractivity contribution is 0.198. The number of anilines is 2. The molecule has 0 aliphatic carbocycles. The van der Waals surface area contributed by atoms with Crippen molar-refractivity contribution < 1.29 is 4.39 Å². The highest BCUT2D eigenvalue weighted by molar-refractivity contribution is 5.43. The Balaban J connectivity index is 1.67. The Kier molecular flexibility index (Phi) is 5.43. The first-order chi connectivity index (χ1) is 12.0. The Morgan fingerprint density at radius 3 is 2.88 bits per heavy atom. The van der Waals surface area contributed by atoms with E-state index < -0.39 is 0 Å². The molecule has 2 aromatic rings. The van der Waals surface area contributed by atoms with E-state index in [1.165, 1.54) is 6.20 Å². The van der Waals surface area contributed by atoms with Crippen LogP contribution >= 0.6 is 0 Å². The minimum Gasteiger partial charge on any atom is -0.355 e. The lowest BCUT2D eigenvalue weighted by atomic mass is 10.0. The molecule has 1 fully saturated rings. The number of nitrogens with zero attached hydrogens (tertiary/aromatic N) is 6. The van der Waals surface area contributed by atoms with Crippen LogP contribution in [0.15, 0.2) is 30.7 Å². The number of hydrogen-bond donors (Lipinski definition) is 0. The quantitative estimate of drug-likeness (QED) is 0.829. The van der Waals surface area contributed by atoms with E-state index in [1.54, 1.807) is 18.5 Å². The molecule has 0 bridgehead atoms. The molecular formula is C18H25FN6. The summed E-state index contributed by atoms with van der Waals surface area (Å²) in [6.45, 7) is 2.67. The van der Waals surface area contributed by atoms with Crippen LogP contribution in [0.5, 0.6) is 0 Å². The van der Waals surface area contributed by atoms with E-state index in [0.717, 1.165) is 43.9 Å². The third kappa shape index (κ3) is 4.42. The van der Waals surface area contributed by atoms with E-state index >= 15 is 0 Å². The second-order valence-electron chi connectivity index (χ2n) is 6.76. The van der Waals surface area contributed by atoms with Crippen LogP contribution in [0.3, 0.4) is 0 Å². The summed E-state index contributed by atoms with van der Waals surface area (Å²) >= 11 is 0. The molecule has 0 spiro atoms. The van der Waals surface area contributed by atoms with Gasteiger partial charge in [0.15, 0.2) is 0 Å². The monoisotopic (exact) mass is 344 g/mol. The van der Waals surface area contributed by atoms with Gasteiger partial charge in [0.1, 0.15) is 11.6 Å². The van der Waals surface area contributed by atoms with Gasteiger partial charge >= 0.3 is 0 Å². The van der Waals surface area contributed by atoms with Crippen molar-refractivity contribution in [2.45, 2.75) is 25.4 Å². The van der Waals surface area contributed by atoms with Crippen LogP contribution in [0.2, 0.25) is 0 Å². The average molecular weight is 344 g/mol. The highest BCUT2D eigenvalue weighted by Gasteiger charge is 2.24. The normalized spacial score (nSPS) is 18.2. The van der Waals surface area contributed by atoms with E-state index in [-0.39, 0.29) is 5.82 Å². The maximum absolute atomic E-state index is 13.3. The van der Waals surface area contributed by atoms with E-state index in [2.05, 4.69) is 31.8 Å². The molecular weight excluding hydrogens is 319 g/mol. The van der Waals surface area contributed by atoms with Crippen molar-refractivity contribution in [1.82, 2.24) is 19.9 Å². The third-order valence-electron chi connectivity index (χ3n) is 4.59. The number of hydrogen-bond acceptors (Lipinski definition) is 6. The molecule has 0 radical (unpaired) electrons. The van der Waals surface area contributed by atoms with Crippen molar-refractivity contribution in [2.24, 2.45) is 0 Å². The number of likely N-dealkylation sites (tertiary alicyclic amines) is 1. The van der Waals surface area contributed by atoms with Crippen molar-refractivity contribution in [3.8, 4) is 0 Å². The smallest absolute Gasteiger partial charge is 0.226 e. The maximum Gasteiger partial charge on any atom is 0.226 e. The Labute approximate surface area is 148 Å². The summed E-state index contributed by atoms with van der Waals surface area (Å²) in [6, 6.07) is 3.89. The molecule has 7 heteroatoms. The molecule has 1 aliphatic rings. The lowest BCUT2D eigenvalue weighted by Gasteiger charge is -2.38. The van der Waals surface area contributed by atoms with Gasteiger partial charge in [-0.25, -0.2) is 9.37 Å². The minimum atomic E-state index is -0.277. The Morgan fingerprint density at radius 2 is 2.12 bits per heavy atom. The van der Waals surface area contributed by atoms with Gasteiger partial charge in [0, 0.05) is 52.7 Å². The van der Waals surface area contributed by atoms with Gasteiger partial charge in [-0.05, 0) is 37.1 Å². The number of rotatable bonds is 5.